The van der Waals surface area contributed by atoms with Crippen molar-refractivity contribution < 1.29 is 58.7 Å². The van der Waals surface area contributed by atoms with Crippen LogP contribution in [0.4, 0.5) is 0 Å². The number of Topliss-reactive ketones (excluding diaryl/α,β-unsaturated/α-hetero) is 1. The van der Waals surface area contributed by atoms with Crippen LogP contribution < -0.4 is 9.47 Å². The molecule has 2 saturated heterocycles. The third kappa shape index (κ3) is 7.10. The second-order valence-electron chi connectivity index (χ2n) is 17.2. The molecule has 53 heavy (non-hydrogen) atoms. The number of carbonyl (C=O) groups excluding carboxylic acids is 1. The van der Waals surface area contributed by atoms with Crippen molar-refractivity contribution in [3.05, 3.63) is 35.4 Å². The zero-order valence-electron chi connectivity index (χ0n) is 31.8. The number of fused-ring (bicyclic) bond motifs is 5. The summed E-state index contributed by atoms with van der Waals surface area (Å²) in [6.45, 7) is 5.97. The quantitative estimate of drug-likeness (QED) is 0.221. The van der Waals surface area contributed by atoms with Crippen LogP contribution in [0, 0.1) is 34.5 Å². The smallest absolute Gasteiger partial charge is 0.161 e. The molecule has 296 valence electrons. The number of ether oxygens (including phenoxy) is 6. The minimum Gasteiger partial charge on any atom is -0.497 e. The van der Waals surface area contributed by atoms with E-state index >= 15 is 0 Å². The van der Waals surface area contributed by atoms with Crippen LogP contribution in [0.5, 0.6) is 11.5 Å². The van der Waals surface area contributed by atoms with Gasteiger partial charge in [0.1, 0.15) is 41.7 Å². The number of benzene rings is 1. The van der Waals surface area contributed by atoms with E-state index in [-0.39, 0.29) is 54.0 Å². The number of carbonyl (C=O) groups is 1. The molecular formula is C41H60O12. The highest BCUT2D eigenvalue weighted by Crippen LogP contribution is 2.69. The summed E-state index contributed by atoms with van der Waals surface area (Å²) in [6, 6.07) is 5.95. The number of hydrogen-bond acceptors (Lipinski definition) is 12. The molecule has 1 aromatic rings. The van der Waals surface area contributed by atoms with Crippen LogP contribution in [0.25, 0.3) is 0 Å². The van der Waals surface area contributed by atoms with E-state index < -0.39 is 55.8 Å². The van der Waals surface area contributed by atoms with Crippen molar-refractivity contribution in [2.75, 3.05) is 27.4 Å². The summed E-state index contributed by atoms with van der Waals surface area (Å²) in [5, 5.41) is 51.1. The van der Waals surface area contributed by atoms with Crippen LogP contribution in [-0.4, -0.2) is 114 Å². The van der Waals surface area contributed by atoms with Gasteiger partial charge in [-0.3, -0.25) is 4.79 Å². The van der Waals surface area contributed by atoms with Crippen LogP contribution in [0.2, 0.25) is 0 Å². The summed E-state index contributed by atoms with van der Waals surface area (Å²) in [7, 11) is 3.37. The summed E-state index contributed by atoms with van der Waals surface area (Å²) < 4.78 is 35.4. The summed E-state index contributed by atoms with van der Waals surface area (Å²) in [4.78, 5) is 13.5. The van der Waals surface area contributed by atoms with Gasteiger partial charge in [-0.25, -0.2) is 0 Å². The molecule has 3 saturated carbocycles. The lowest BCUT2D eigenvalue weighted by Gasteiger charge is -2.58. The van der Waals surface area contributed by atoms with E-state index in [1.807, 2.05) is 12.1 Å². The maximum Gasteiger partial charge on any atom is 0.161 e. The van der Waals surface area contributed by atoms with Crippen LogP contribution in [0.1, 0.15) is 90.0 Å². The molecule has 0 aromatic heterocycles. The van der Waals surface area contributed by atoms with E-state index in [9.17, 15) is 30.3 Å². The second kappa shape index (κ2) is 15.4. The van der Waals surface area contributed by atoms with Crippen molar-refractivity contribution in [3.8, 4) is 11.5 Å². The van der Waals surface area contributed by atoms with Crippen molar-refractivity contribution >= 4 is 5.78 Å². The Morgan fingerprint density at radius 3 is 2.32 bits per heavy atom. The zero-order valence-corrected chi connectivity index (χ0v) is 31.8. The predicted molar refractivity (Wildman–Crippen MR) is 192 cm³/mol. The minimum absolute atomic E-state index is 0.00432. The lowest BCUT2D eigenvalue weighted by molar-refractivity contribution is -0.298. The molecule has 7 rings (SSSR count). The Balaban J connectivity index is 1.02. The Bertz CT molecular complexity index is 1500. The van der Waals surface area contributed by atoms with Crippen molar-refractivity contribution in [3.63, 3.8) is 0 Å². The fourth-order valence-electron chi connectivity index (χ4n) is 11.7. The van der Waals surface area contributed by atoms with E-state index in [4.69, 9.17) is 28.4 Å². The van der Waals surface area contributed by atoms with Crippen molar-refractivity contribution in [2.24, 2.45) is 34.5 Å². The highest BCUT2D eigenvalue weighted by Gasteiger charge is 2.62. The van der Waals surface area contributed by atoms with Gasteiger partial charge in [0, 0.05) is 24.3 Å². The maximum atomic E-state index is 13.5. The predicted octanol–water partition coefficient (Wildman–Crippen LogP) is 3.63. The molecule has 12 heteroatoms. The van der Waals surface area contributed by atoms with Gasteiger partial charge in [0.15, 0.2) is 12.6 Å². The van der Waals surface area contributed by atoms with Gasteiger partial charge in [-0.2, -0.15) is 0 Å². The Kier molecular flexibility index (Phi) is 11.4. The summed E-state index contributed by atoms with van der Waals surface area (Å²) in [6.07, 6.45) is 0.951. The average Bonchev–Trinajstić information content (AvgIpc) is 3.47. The van der Waals surface area contributed by atoms with Gasteiger partial charge in [0.2, 0.25) is 0 Å². The van der Waals surface area contributed by atoms with Gasteiger partial charge >= 0.3 is 0 Å². The van der Waals surface area contributed by atoms with Gasteiger partial charge in [-0.15, -0.1) is 0 Å². The number of rotatable bonds is 10. The van der Waals surface area contributed by atoms with Crippen molar-refractivity contribution in [2.45, 2.75) is 140 Å². The normalized spacial score (nSPS) is 45.4. The molecular weight excluding hydrogens is 684 g/mol. The number of hydrogen-bond donors (Lipinski definition) is 5. The Morgan fingerprint density at radius 1 is 0.906 bits per heavy atom. The lowest BCUT2D eigenvalue weighted by Crippen LogP contribution is -2.54. The number of allylic oxidation sites excluding steroid dienone is 1. The number of aliphatic hydroxyl groups excluding tert-OH is 5. The summed E-state index contributed by atoms with van der Waals surface area (Å²) >= 11 is 0. The largest absolute Gasteiger partial charge is 0.497 e. The first-order chi connectivity index (χ1) is 25.3. The number of ketones is 1. The molecule has 16 atom stereocenters. The van der Waals surface area contributed by atoms with E-state index in [1.54, 1.807) is 21.1 Å². The third-order valence-corrected chi connectivity index (χ3v) is 14.4. The fourth-order valence-corrected chi connectivity index (χ4v) is 11.7. The summed E-state index contributed by atoms with van der Waals surface area (Å²) in [5.41, 5.74) is 2.44. The SMILES string of the molecule is COc1ccc(OC)c(C2CC3C4CC=C5CC(OC6CC(O)[C@H](O)C(COC7CC(O)[C@H](O)C(CO)O7)O6)CCC5(C)C4CCC3(C)C2C(C)=O)c1. The van der Waals surface area contributed by atoms with E-state index in [2.05, 4.69) is 26.0 Å². The van der Waals surface area contributed by atoms with Crippen LogP contribution >= 0.6 is 0 Å². The standard InChI is InChI=1S/C41H60O12/c1-21(43)37-27(26-15-23(48-4)7-9-32(26)49-5)16-29-25-8-6-22-14-24(10-12-40(22,2)28(25)11-13-41(29,37)3)51-36-18-31(45)39(47)34(53-36)20-50-35-17-30(44)38(46)33(19-42)52-35/h6-7,9,15,24-25,27-31,33-39,42,44-47H,8,10-14,16-20H2,1-5H3/t24?,25?,27?,28?,29?,30?,31?,33?,34?,35?,36?,37?,38-,39-,40?,41?/m0/s1. The molecule has 6 aliphatic rings. The van der Waals surface area contributed by atoms with Gasteiger partial charge in [-0.05, 0) is 105 Å². The summed E-state index contributed by atoms with van der Waals surface area (Å²) in [5.74, 6) is 3.23. The number of methoxy groups -OCH3 is 2. The molecule has 0 bridgehead atoms. The Labute approximate surface area is 312 Å². The molecule has 12 nitrogen and oxygen atoms in total. The molecule has 2 heterocycles. The zero-order chi connectivity index (χ0) is 37.8. The molecule has 2 aliphatic heterocycles. The highest BCUT2D eigenvalue weighted by molar-refractivity contribution is 5.81. The van der Waals surface area contributed by atoms with Gasteiger partial charge in [-0.1, -0.05) is 25.5 Å². The molecule has 0 spiro atoms. The van der Waals surface area contributed by atoms with Crippen molar-refractivity contribution in [1.82, 2.24) is 0 Å². The number of aliphatic hydroxyl groups is 5. The molecule has 1 aromatic carbocycles. The second-order valence-corrected chi connectivity index (χ2v) is 17.2. The van der Waals surface area contributed by atoms with Crippen LogP contribution in [0.15, 0.2) is 29.8 Å². The minimum atomic E-state index is -1.22. The molecule has 5 fully saturated rings. The molecule has 4 aliphatic carbocycles. The van der Waals surface area contributed by atoms with Crippen molar-refractivity contribution in [1.29, 1.82) is 0 Å². The van der Waals surface area contributed by atoms with E-state index in [1.165, 1.54) is 5.57 Å². The first-order valence-electron chi connectivity index (χ1n) is 19.6. The van der Waals surface area contributed by atoms with E-state index in [0.717, 1.165) is 62.0 Å². The monoisotopic (exact) mass is 744 g/mol. The molecule has 0 radical (unpaired) electrons. The molecule has 5 N–H and O–H groups in total. The van der Waals surface area contributed by atoms with Crippen LogP contribution in [-0.2, 0) is 23.7 Å². The Hall–Kier alpha value is -2.13. The average molecular weight is 745 g/mol. The van der Waals surface area contributed by atoms with E-state index in [0.29, 0.717) is 17.8 Å². The van der Waals surface area contributed by atoms with Crippen LogP contribution in [0.3, 0.4) is 0 Å². The highest BCUT2D eigenvalue weighted by atomic mass is 16.7. The first kappa shape index (κ1) is 39.1. The van der Waals surface area contributed by atoms with Gasteiger partial charge in [0.25, 0.3) is 0 Å². The molecule has 0 amide bonds. The van der Waals surface area contributed by atoms with Gasteiger partial charge in [0.05, 0.1) is 45.7 Å². The lowest BCUT2D eigenvalue weighted by atomic mass is 9.47. The fraction of sp³-hybridized carbons (Fsp3) is 0.780. The Morgan fingerprint density at radius 2 is 1.62 bits per heavy atom. The topological polar surface area (TPSA) is 174 Å². The van der Waals surface area contributed by atoms with Gasteiger partial charge < -0.3 is 54.0 Å². The first-order valence-corrected chi connectivity index (χ1v) is 19.6. The maximum absolute atomic E-state index is 13.5. The third-order valence-electron chi connectivity index (χ3n) is 14.4. The molecule has 14 unspecified atom stereocenters.